The Bertz CT molecular complexity index is 1220. The van der Waals surface area contributed by atoms with Crippen LogP contribution in [0.1, 0.15) is 30.0 Å². The number of hydrogen-bond donors (Lipinski definition) is 0. The molecule has 7 nitrogen and oxygen atoms in total. The van der Waals surface area contributed by atoms with E-state index in [4.69, 9.17) is 28.4 Å². The van der Waals surface area contributed by atoms with Crippen LogP contribution in [0.15, 0.2) is 116 Å². The second-order valence-electron chi connectivity index (χ2n) is 9.92. The molecule has 0 aliphatic carbocycles. The third-order valence-corrected chi connectivity index (χ3v) is 6.82. The number of carbonyl (C=O) groups excluding carboxylic acids is 1. The molecule has 1 saturated heterocycles. The number of ether oxygens (including phenoxy) is 6. The van der Waals surface area contributed by atoms with Gasteiger partial charge in [0.1, 0.15) is 24.4 Å². The van der Waals surface area contributed by atoms with Crippen molar-refractivity contribution in [2.45, 2.75) is 63.7 Å². The van der Waals surface area contributed by atoms with Crippen LogP contribution in [0.3, 0.4) is 0 Å². The second-order valence-corrected chi connectivity index (χ2v) is 9.92. The minimum Gasteiger partial charge on any atom is -0.492 e. The lowest BCUT2D eigenvalue weighted by atomic mass is 9.92. The van der Waals surface area contributed by atoms with Gasteiger partial charge in [0.15, 0.2) is 6.10 Å². The Labute approximate surface area is 248 Å². The van der Waals surface area contributed by atoms with Gasteiger partial charge in [-0.1, -0.05) is 97.1 Å². The van der Waals surface area contributed by atoms with E-state index in [2.05, 4.69) is 6.58 Å². The maximum atomic E-state index is 12.0. The summed E-state index contributed by atoms with van der Waals surface area (Å²) >= 11 is 0. The highest BCUT2D eigenvalue weighted by molar-refractivity contribution is 5.81. The van der Waals surface area contributed by atoms with Gasteiger partial charge >= 0.3 is 5.97 Å². The molecule has 0 radical (unpaired) electrons. The van der Waals surface area contributed by atoms with Crippen molar-refractivity contribution in [1.82, 2.24) is 0 Å². The average Bonchev–Trinajstić information content (AvgIpc) is 3.02. The number of rotatable bonds is 16. The summed E-state index contributed by atoms with van der Waals surface area (Å²) < 4.78 is 37.1. The average molecular weight is 573 g/mol. The molecular formula is C35H40O7. The molecule has 0 N–H and O–H groups in total. The summed E-state index contributed by atoms with van der Waals surface area (Å²) in [5.41, 5.74) is 3.11. The zero-order valence-electron chi connectivity index (χ0n) is 24.1. The fraction of sp³-hybridized carbons (Fsp3) is 0.343. The molecule has 3 aromatic carbocycles. The summed E-state index contributed by atoms with van der Waals surface area (Å²) in [5, 5.41) is 0. The molecule has 1 heterocycles. The summed E-state index contributed by atoms with van der Waals surface area (Å²) in [5.74, 6) is -0.486. The van der Waals surface area contributed by atoms with E-state index in [9.17, 15) is 4.79 Å². The molecule has 42 heavy (non-hydrogen) atoms. The SMILES string of the molecule is C=CC[C@@H]1O[C@H](COCc2ccccc2)[C@@H](OCc2ccccc2)[C@H](OCc2ccccc2)[C@H]1O/C=C/C(=O)OCC. The minimum atomic E-state index is -0.594. The summed E-state index contributed by atoms with van der Waals surface area (Å²) in [6.45, 7) is 7.39. The Morgan fingerprint density at radius 1 is 0.762 bits per heavy atom. The predicted molar refractivity (Wildman–Crippen MR) is 160 cm³/mol. The normalized spacial score (nSPS) is 22.1. The lowest BCUT2D eigenvalue weighted by Gasteiger charge is -2.45. The molecule has 5 atom stereocenters. The van der Waals surface area contributed by atoms with Crippen LogP contribution in [0.25, 0.3) is 0 Å². The van der Waals surface area contributed by atoms with E-state index in [1.165, 1.54) is 12.3 Å². The maximum absolute atomic E-state index is 12.0. The Kier molecular flexibility index (Phi) is 12.8. The number of esters is 1. The molecule has 0 unspecified atom stereocenters. The van der Waals surface area contributed by atoms with Gasteiger partial charge in [-0.05, 0) is 30.0 Å². The summed E-state index contributed by atoms with van der Waals surface area (Å²) in [7, 11) is 0. The van der Waals surface area contributed by atoms with Crippen LogP contribution >= 0.6 is 0 Å². The molecule has 0 bridgehead atoms. The van der Waals surface area contributed by atoms with Gasteiger partial charge in [-0.3, -0.25) is 0 Å². The summed E-state index contributed by atoms with van der Waals surface area (Å²) in [6.07, 6.45) is 2.36. The van der Waals surface area contributed by atoms with Crippen LogP contribution in [0, 0.1) is 0 Å². The van der Waals surface area contributed by atoms with Gasteiger partial charge in [0.05, 0.1) is 45.4 Å². The molecule has 0 saturated carbocycles. The van der Waals surface area contributed by atoms with E-state index in [0.29, 0.717) is 32.8 Å². The van der Waals surface area contributed by atoms with Crippen molar-refractivity contribution in [2.24, 2.45) is 0 Å². The lowest BCUT2D eigenvalue weighted by Crippen LogP contribution is -2.60. The van der Waals surface area contributed by atoms with Gasteiger partial charge < -0.3 is 28.4 Å². The van der Waals surface area contributed by atoms with Crippen LogP contribution in [0.5, 0.6) is 0 Å². The summed E-state index contributed by atoms with van der Waals surface area (Å²) in [6, 6.07) is 29.9. The van der Waals surface area contributed by atoms with E-state index in [0.717, 1.165) is 16.7 Å². The lowest BCUT2D eigenvalue weighted by molar-refractivity contribution is -0.261. The van der Waals surface area contributed by atoms with E-state index in [1.54, 1.807) is 13.0 Å². The fourth-order valence-electron chi connectivity index (χ4n) is 4.81. The third-order valence-electron chi connectivity index (χ3n) is 6.82. The largest absolute Gasteiger partial charge is 0.492 e. The number of hydrogen-bond acceptors (Lipinski definition) is 7. The molecule has 1 aliphatic heterocycles. The van der Waals surface area contributed by atoms with E-state index in [1.807, 2.05) is 91.0 Å². The van der Waals surface area contributed by atoms with Crippen LogP contribution in [-0.2, 0) is 53.0 Å². The van der Waals surface area contributed by atoms with E-state index < -0.39 is 36.5 Å². The van der Waals surface area contributed by atoms with Gasteiger partial charge in [-0.2, -0.15) is 0 Å². The molecule has 1 aliphatic rings. The van der Waals surface area contributed by atoms with Gasteiger partial charge in [0.25, 0.3) is 0 Å². The Morgan fingerprint density at radius 2 is 1.31 bits per heavy atom. The molecule has 0 aromatic heterocycles. The first-order valence-electron chi connectivity index (χ1n) is 14.4. The van der Waals surface area contributed by atoms with Crippen molar-refractivity contribution in [3.63, 3.8) is 0 Å². The monoisotopic (exact) mass is 572 g/mol. The van der Waals surface area contributed by atoms with Crippen molar-refractivity contribution < 1.29 is 33.2 Å². The first-order chi connectivity index (χ1) is 20.7. The topological polar surface area (TPSA) is 72.5 Å². The van der Waals surface area contributed by atoms with Gasteiger partial charge in [0.2, 0.25) is 0 Å². The number of benzene rings is 3. The Morgan fingerprint density at radius 3 is 1.86 bits per heavy atom. The molecule has 3 aromatic rings. The molecule has 1 fully saturated rings. The first kappa shape index (κ1) is 31.2. The molecule has 222 valence electrons. The third kappa shape index (κ3) is 9.67. The molecule has 7 heteroatoms. The predicted octanol–water partition coefficient (Wildman–Crippen LogP) is 6.18. The van der Waals surface area contributed by atoms with Crippen LogP contribution in [-0.4, -0.2) is 49.7 Å². The van der Waals surface area contributed by atoms with Crippen molar-refractivity contribution in [3.8, 4) is 0 Å². The first-order valence-corrected chi connectivity index (χ1v) is 14.4. The number of carbonyl (C=O) groups is 1. The second kappa shape index (κ2) is 17.3. The van der Waals surface area contributed by atoms with Crippen molar-refractivity contribution in [3.05, 3.63) is 133 Å². The van der Waals surface area contributed by atoms with Gasteiger partial charge in [0, 0.05) is 0 Å². The van der Waals surface area contributed by atoms with E-state index >= 15 is 0 Å². The van der Waals surface area contributed by atoms with Gasteiger partial charge in [-0.25, -0.2) is 4.79 Å². The van der Waals surface area contributed by atoms with Crippen molar-refractivity contribution in [1.29, 1.82) is 0 Å². The van der Waals surface area contributed by atoms with Crippen molar-refractivity contribution in [2.75, 3.05) is 13.2 Å². The maximum Gasteiger partial charge on any atom is 0.333 e. The van der Waals surface area contributed by atoms with E-state index in [-0.39, 0.29) is 6.61 Å². The Balaban J connectivity index is 1.60. The molecule has 0 spiro atoms. The zero-order chi connectivity index (χ0) is 29.4. The minimum absolute atomic E-state index is 0.275. The Hall–Kier alpha value is -3.75. The standard InChI is InChI=1S/C35H40O7/c1-3-14-30-33(39-22-21-32(36)38-4-2)35(41-25-29-19-12-7-13-20-29)34(40-24-28-17-10-6-11-18-28)31(42-30)26-37-23-27-15-8-5-9-16-27/h3,5-13,15-22,30-31,33-35H,1,4,14,23-26H2,2H3/b22-21+/t30-,31+,33-,34+,35+/m0/s1. The highest BCUT2D eigenvalue weighted by Crippen LogP contribution is 2.32. The summed E-state index contributed by atoms with van der Waals surface area (Å²) in [4.78, 5) is 12.0. The highest BCUT2D eigenvalue weighted by Gasteiger charge is 2.48. The molecule has 4 rings (SSSR count). The highest BCUT2D eigenvalue weighted by atomic mass is 16.6. The smallest absolute Gasteiger partial charge is 0.333 e. The quantitative estimate of drug-likeness (QED) is 0.0879. The van der Waals surface area contributed by atoms with Crippen molar-refractivity contribution >= 4 is 5.97 Å². The van der Waals surface area contributed by atoms with Crippen LogP contribution in [0.4, 0.5) is 0 Å². The van der Waals surface area contributed by atoms with Crippen LogP contribution < -0.4 is 0 Å². The zero-order valence-corrected chi connectivity index (χ0v) is 24.1. The fourth-order valence-corrected chi connectivity index (χ4v) is 4.81. The molecule has 0 amide bonds. The molecular weight excluding hydrogens is 532 g/mol. The van der Waals surface area contributed by atoms with Crippen LogP contribution in [0.2, 0.25) is 0 Å². The van der Waals surface area contributed by atoms with Gasteiger partial charge in [-0.15, -0.1) is 6.58 Å².